The largest absolute Gasteiger partial charge is 0.367 e. The second kappa shape index (κ2) is 6.99. The highest BCUT2D eigenvalue weighted by molar-refractivity contribution is 7.86. The average molecular weight is 365 g/mol. The molecule has 0 bridgehead atoms. The molecule has 3 fully saturated rings. The summed E-state index contributed by atoms with van der Waals surface area (Å²) >= 11 is 0. The predicted molar refractivity (Wildman–Crippen MR) is 97.2 cm³/mol. The zero-order chi connectivity index (χ0) is 17.4. The quantitative estimate of drug-likeness (QED) is 0.825. The molecule has 1 aliphatic carbocycles. The third kappa shape index (κ3) is 3.77. The van der Waals surface area contributed by atoms with Crippen molar-refractivity contribution in [3.63, 3.8) is 0 Å². The fraction of sp³-hybridized carbons (Fsp3) is 0.684. The van der Waals surface area contributed by atoms with E-state index >= 15 is 0 Å². The number of morpholine rings is 1. The summed E-state index contributed by atoms with van der Waals surface area (Å²) < 4.78 is 36.1. The van der Waals surface area contributed by atoms with Crippen LogP contribution in [0.25, 0.3) is 0 Å². The highest BCUT2D eigenvalue weighted by Crippen LogP contribution is 2.40. The van der Waals surface area contributed by atoms with Gasteiger partial charge in [0.2, 0.25) is 0 Å². The van der Waals surface area contributed by atoms with Crippen LogP contribution in [0.4, 0.5) is 0 Å². The molecule has 2 heterocycles. The molecule has 1 aromatic carbocycles. The summed E-state index contributed by atoms with van der Waals surface area (Å²) in [6.45, 7) is 4.41. The third-order valence-electron chi connectivity index (χ3n) is 5.81. The Morgan fingerprint density at radius 3 is 2.28 bits per heavy atom. The minimum absolute atomic E-state index is 0.0254. The average Bonchev–Trinajstić information content (AvgIpc) is 3.48. The van der Waals surface area contributed by atoms with Crippen LogP contribution in [-0.2, 0) is 14.9 Å². The highest BCUT2D eigenvalue weighted by Gasteiger charge is 2.43. The molecule has 0 unspecified atom stereocenters. The van der Waals surface area contributed by atoms with Crippen molar-refractivity contribution < 1.29 is 13.2 Å². The molecule has 5 nitrogen and oxygen atoms in total. The number of rotatable bonds is 4. The van der Waals surface area contributed by atoms with E-state index in [0.29, 0.717) is 38.0 Å². The maximum absolute atomic E-state index is 13.2. The summed E-state index contributed by atoms with van der Waals surface area (Å²) in [7, 11) is -3.40. The van der Waals surface area contributed by atoms with Gasteiger partial charge in [0.15, 0.2) is 0 Å². The van der Waals surface area contributed by atoms with Crippen LogP contribution in [-0.4, -0.2) is 49.3 Å². The van der Waals surface area contributed by atoms with Crippen LogP contribution < -0.4 is 0 Å². The van der Waals surface area contributed by atoms with Crippen molar-refractivity contribution >= 4 is 10.2 Å². The van der Waals surface area contributed by atoms with E-state index in [-0.39, 0.29) is 12.2 Å². The lowest BCUT2D eigenvalue weighted by Crippen LogP contribution is -2.53. The molecular weight excluding hydrogens is 336 g/mol. The molecule has 2 aliphatic heterocycles. The van der Waals surface area contributed by atoms with Gasteiger partial charge in [-0.05, 0) is 43.1 Å². The molecule has 0 amide bonds. The Morgan fingerprint density at radius 1 is 0.960 bits per heavy atom. The van der Waals surface area contributed by atoms with Crippen LogP contribution in [0.5, 0.6) is 0 Å². The van der Waals surface area contributed by atoms with Crippen molar-refractivity contribution in [2.45, 2.75) is 44.8 Å². The number of benzene rings is 1. The Kier molecular flexibility index (Phi) is 4.88. The fourth-order valence-electron chi connectivity index (χ4n) is 3.90. The second-order valence-corrected chi connectivity index (χ2v) is 9.75. The van der Waals surface area contributed by atoms with Gasteiger partial charge in [0, 0.05) is 26.2 Å². The Bertz CT molecular complexity index is 682. The van der Waals surface area contributed by atoms with E-state index in [9.17, 15) is 8.42 Å². The molecule has 2 atom stereocenters. The molecule has 1 saturated carbocycles. The van der Waals surface area contributed by atoms with E-state index < -0.39 is 10.2 Å². The van der Waals surface area contributed by atoms with Crippen LogP contribution >= 0.6 is 0 Å². The van der Waals surface area contributed by atoms with Crippen molar-refractivity contribution in [2.75, 3.05) is 26.2 Å². The van der Waals surface area contributed by atoms with Gasteiger partial charge in [-0.15, -0.1) is 0 Å². The van der Waals surface area contributed by atoms with Crippen molar-refractivity contribution in [2.24, 2.45) is 11.8 Å². The van der Waals surface area contributed by atoms with Crippen molar-refractivity contribution in [3.05, 3.63) is 35.9 Å². The van der Waals surface area contributed by atoms with Crippen LogP contribution in [0.2, 0.25) is 0 Å². The van der Waals surface area contributed by atoms with Crippen molar-refractivity contribution in [1.29, 1.82) is 0 Å². The van der Waals surface area contributed by atoms with Gasteiger partial charge in [-0.2, -0.15) is 17.0 Å². The lowest BCUT2D eigenvalue weighted by molar-refractivity contribution is -0.0760. The first-order chi connectivity index (χ1) is 12.0. The van der Waals surface area contributed by atoms with Gasteiger partial charge in [0.1, 0.15) is 0 Å². The maximum atomic E-state index is 13.2. The monoisotopic (exact) mass is 364 g/mol. The van der Waals surface area contributed by atoms with E-state index in [1.54, 1.807) is 8.61 Å². The van der Waals surface area contributed by atoms with Crippen molar-refractivity contribution in [3.8, 4) is 0 Å². The normalized spacial score (nSPS) is 30.4. The Labute approximate surface area is 151 Å². The predicted octanol–water partition coefficient (Wildman–Crippen LogP) is 2.82. The van der Waals surface area contributed by atoms with Gasteiger partial charge in [0.05, 0.1) is 12.2 Å². The number of hydrogen-bond donors (Lipinski definition) is 0. The van der Waals surface area contributed by atoms with E-state index in [0.717, 1.165) is 31.2 Å². The summed E-state index contributed by atoms with van der Waals surface area (Å²) in [5, 5.41) is 0. The first-order valence-corrected chi connectivity index (χ1v) is 10.9. The summed E-state index contributed by atoms with van der Waals surface area (Å²) in [5.41, 5.74) is 1.07. The van der Waals surface area contributed by atoms with E-state index in [1.807, 2.05) is 30.3 Å². The zero-order valence-corrected chi connectivity index (χ0v) is 15.7. The van der Waals surface area contributed by atoms with Gasteiger partial charge in [-0.3, -0.25) is 0 Å². The molecule has 3 aliphatic rings. The zero-order valence-electron chi connectivity index (χ0n) is 14.9. The lowest BCUT2D eigenvalue weighted by Gasteiger charge is -2.41. The number of hydrogen-bond acceptors (Lipinski definition) is 3. The fourth-order valence-corrected chi connectivity index (χ4v) is 5.56. The van der Waals surface area contributed by atoms with E-state index in [4.69, 9.17) is 4.74 Å². The SMILES string of the molecule is CC1CCN(S(=O)(=O)N2C[C@@H](c3ccccc3)O[C@@H](C3CC3)C2)CC1. The minimum atomic E-state index is -3.40. The Morgan fingerprint density at radius 2 is 1.64 bits per heavy atom. The van der Waals surface area contributed by atoms with E-state index in [1.165, 1.54) is 0 Å². The molecule has 0 radical (unpaired) electrons. The van der Waals surface area contributed by atoms with Crippen molar-refractivity contribution in [1.82, 2.24) is 8.61 Å². The maximum Gasteiger partial charge on any atom is 0.282 e. The Hall–Kier alpha value is -0.950. The molecule has 0 aromatic heterocycles. The van der Waals surface area contributed by atoms with Gasteiger partial charge >= 0.3 is 0 Å². The molecule has 1 aromatic rings. The first-order valence-electron chi connectivity index (χ1n) is 9.49. The number of ether oxygens (including phenoxy) is 1. The second-order valence-electron chi connectivity index (χ2n) is 7.82. The standard InChI is InChI=1S/C19H28N2O3S/c1-15-9-11-20(12-10-15)25(22,23)21-13-18(16-5-3-2-4-6-16)24-19(14-21)17-7-8-17/h2-6,15,17-19H,7-14H2,1H3/t18-,19+/m0/s1. The molecule has 6 heteroatoms. The molecular formula is C19H28N2O3S. The van der Waals surface area contributed by atoms with Gasteiger partial charge in [0.25, 0.3) is 10.2 Å². The lowest BCUT2D eigenvalue weighted by atomic mass is 10.0. The topological polar surface area (TPSA) is 49.9 Å². The summed E-state index contributed by atoms with van der Waals surface area (Å²) in [6, 6.07) is 10.0. The first kappa shape index (κ1) is 17.5. The number of nitrogens with zero attached hydrogens (tertiary/aromatic N) is 2. The summed E-state index contributed by atoms with van der Waals surface area (Å²) in [4.78, 5) is 0. The molecule has 4 rings (SSSR count). The molecule has 25 heavy (non-hydrogen) atoms. The van der Waals surface area contributed by atoms with Gasteiger partial charge in [-0.1, -0.05) is 37.3 Å². The smallest absolute Gasteiger partial charge is 0.282 e. The van der Waals surface area contributed by atoms with Crippen LogP contribution in [0.15, 0.2) is 30.3 Å². The summed E-state index contributed by atoms with van der Waals surface area (Å²) in [5.74, 6) is 1.14. The molecule has 0 spiro atoms. The van der Waals surface area contributed by atoms with Crippen LogP contribution in [0.1, 0.15) is 44.3 Å². The van der Waals surface area contributed by atoms with Gasteiger partial charge < -0.3 is 4.74 Å². The minimum Gasteiger partial charge on any atom is -0.367 e. The van der Waals surface area contributed by atoms with E-state index in [2.05, 4.69) is 6.92 Å². The molecule has 2 saturated heterocycles. The molecule has 0 N–H and O–H groups in total. The highest BCUT2D eigenvalue weighted by atomic mass is 32.2. The summed E-state index contributed by atoms with van der Waals surface area (Å²) in [6.07, 6.45) is 4.08. The molecule has 138 valence electrons. The third-order valence-corrected chi connectivity index (χ3v) is 7.77. The van der Waals surface area contributed by atoms with Gasteiger partial charge in [-0.25, -0.2) is 0 Å². The van der Waals surface area contributed by atoms with Crippen LogP contribution in [0.3, 0.4) is 0 Å². The Balaban J connectivity index is 1.55. The number of piperidine rings is 1. The van der Waals surface area contributed by atoms with Crippen LogP contribution in [0, 0.1) is 11.8 Å².